The molecule has 0 aliphatic carbocycles. The molecule has 0 saturated carbocycles. The van der Waals surface area contributed by atoms with E-state index in [9.17, 15) is 9.59 Å². The van der Waals surface area contributed by atoms with Crippen LogP contribution in [0.5, 0.6) is 0 Å². The first-order valence-corrected chi connectivity index (χ1v) is 9.87. The fraction of sp³-hybridized carbons (Fsp3) is 0.222. The molecule has 2 heterocycles. The van der Waals surface area contributed by atoms with Gasteiger partial charge in [-0.3, -0.25) is 9.59 Å². The number of hydrogen-bond donors (Lipinski definition) is 1. The molecule has 2 amide bonds. The summed E-state index contributed by atoms with van der Waals surface area (Å²) in [5, 5.41) is 8.60. The number of aromatic nitrogens is 2. The molecule has 2 aromatic heterocycles. The number of anilines is 1. The SMILES string of the molecule is CN(C)C(=O)Sc1ccccc1NC(=O)CCc1nc(-c2cccs2)no1. The highest BCUT2D eigenvalue weighted by molar-refractivity contribution is 8.13. The Bertz CT molecular complexity index is 922. The third kappa shape index (κ3) is 5.18. The van der Waals surface area contributed by atoms with Crippen molar-refractivity contribution >= 4 is 39.9 Å². The van der Waals surface area contributed by atoms with Crippen LogP contribution >= 0.6 is 23.1 Å². The number of nitrogens with zero attached hydrogens (tertiary/aromatic N) is 3. The van der Waals surface area contributed by atoms with Gasteiger partial charge in [-0.05, 0) is 35.3 Å². The first kappa shape index (κ1) is 19.1. The molecule has 0 saturated heterocycles. The summed E-state index contributed by atoms with van der Waals surface area (Å²) in [7, 11) is 3.37. The number of carbonyl (C=O) groups excluding carboxylic acids is 2. The van der Waals surface area contributed by atoms with Gasteiger partial charge in [-0.1, -0.05) is 23.4 Å². The molecule has 140 valence electrons. The van der Waals surface area contributed by atoms with Gasteiger partial charge >= 0.3 is 0 Å². The lowest BCUT2D eigenvalue weighted by atomic mass is 10.2. The Morgan fingerprint density at radius 2 is 2.04 bits per heavy atom. The third-order valence-electron chi connectivity index (χ3n) is 3.50. The van der Waals surface area contributed by atoms with Gasteiger partial charge in [0.2, 0.25) is 17.6 Å². The molecule has 9 heteroatoms. The third-order valence-corrected chi connectivity index (χ3v) is 5.48. The van der Waals surface area contributed by atoms with Crippen molar-refractivity contribution in [3.63, 3.8) is 0 Å². The van der Waals surface area contributed by atoms with E-state index in [0.717, 1.165) is 16.6 Å². The fourth-order valence-corrected chi connectivity index (χ4v) is 3.54. The minimum atomic E-state index is -0.184. The molecule has 0 spiro atoms. The lowest BCUT2D eigenvalue weighted by molar-refractivity contribution is -0.116. The van der Waals surface area contributed by atoms with Gasteiger partial charge in [0, 0.05) is 31.8 Å². The average molecular weight is 403 g/mol. The van der Waals surface area contributed by atoms with Crippen molar-refractivity contribution in [2.45, 2.75) is 17.7 Å². The molecular weight excluding hydrogens is 384 g/mol. The standard InChI is InChI=1S/C18H18N4O3S2/c1-22(2)18(24)27-13-7-4-3-6-12(13)19-15(23)9-10-16-20-17(21-25-16)14-8-5-11-26-14/h3-8,11H,9-10H2,1-2H3,(H,19,23). The maximum Gasteiger partial charge on any atom is 0.286 e. The van der Waals surface area contributed by atoms with Crippen molar-refractivity contribution in [1.82, 2.24) is 15.0 Å². The number of hydrogen-bond acceptors (Lipinski definition) is 7. The van der Waals surface area contributed by atoms with Gasteiger partial charge in [-0.15, -0.1) is 11.3 Å². The van der Waals surface area contributed by atoms with E-state index in [1.165, 1.54) is 16.2 Å². The summed E-state index contributed by atoms with van der Waals surface area (Å²) in [4.78, 5) is 31.6. The van der Waals surface area contributed by atoms with Crippen LogP contribution in [0, 0.1) is 0 Å². The summed E-state index contributed by atoms with van der Waals surface area (Å²) in [6.45, 7) is 0. The van der Waals surface area contributed by atoms with E-state index in [4.69, 9.17) is 4.52 Å². The predicted molar refractivity (Wildman–Crippen MR) is 106 cm³/mol. The molecule has 7 nitrogen and oxygen atoms in total. The number of nitrogens with one attached hydrogen (secondary N) is 1. The van der Waals surface area contributed by atoms with Crippen LogP contribution in [0.2, 0.25) is 0 Å². The molecule has 0 unspecified atom stereocenters. The van der Waals surface area contributed by atoms with Crippen molar-refractivity contribution in [2.75, 3.05) is 19.4 Å². The summed E-state index contributed by atoms with van der Waals surface area (Å²) < 4.78 is 5.20. The zero-order chi connectivity index (χ0) is 19.2. The minimum Gasteiger partial charge on any atom is -0.339 e. The normalized spacial score (nSPS) is 10.6. The number of thioether (sulfide) groups is 1. The maximum absolute atomic E-state index is 12.3. The summed E-state index contributed by atoms with van der Waals surface area (Å²) in [5.41, 5.74) is 0.604. The van der Waals surface area contributed by atoms with Gasteiger partial charge < -0.3 is 14.7 Å². The van der Waals surface area contributed by atoms with Crippen LogP contribution in [-0.4, -0.2) is 40.3 Å². The number of aryl methyl sites for hydroxylation is 1. The highest BCUT2D eigenvalue weighted by Gasteiger charge is 2.14. The first-order chi connectivity index (χ1) is 13.0. The first-order valence-electron chi connectivity index (χ1n) is 8.17. The molecule has 0 atom stereocenters. The molecule has 3 aromatic rings. The van der Waals surface area contributed by atoms with Crippen LogP contribution in [0.3, 0.4) is 0 Å². The van der Waals surface area contributed by atoms with Crippen LogP contribution in [-0.2, 0) is 11.2 Å². The van der Waals surface area contributed by atoms with E-state index in [1.807, 2.05) is 29.6 Å². The van der Waals surface area contributed by atoms with E-state index in [2.05, 4.69) is 15.5 Å². The quantitative estimate of drug-likeness (QED) is 0.623. The van der Waals surface area contributed by atoms with E-state index < -0.39 is 0 Å². The summed E-state index contributed by atoms with van der Waals surface area (Å²) >= 11 is 2.60. The van der Waals surface area contributed by atoms with Crippen LogP contribution < -0.4 is 5.32 Å². The summed E-state index contributed by atoms with van der Waals surface area (Å²) in [5.74, 6) is 0.763. The van der Waals surface area contributed by atoms with Crippen LogP contribution in [0.15, 0.2) is 51.2 Å². The lowest BCUT2D eigenvalue weighted by Gasteiger charge is -2.12. The Labute approximate surface area is 164 Å². The Hall–Kier alpha value is -2.65. The second kappa shape index (κ2) is 8.83. The lowest BCUT2D eigenvalue weighted by Crippen LogP contribution is -2.17. The summed E-state index contributed by atoms with van der Waals surface area (Å²) in [6.07, 6.45) is 0.544. The topological polar surface area (TPSA) is 88.3 Å². The van der Waals surface area contributed by atoms with Gasteiger partial charge in [0.25, 0.3) is 5.24 Å². The number of rotatable bonds is 6. The highest BCUT2D eigenvalue weighted by atomic mass is 32.2. The number of para-hydroxylation sites is 1. The van der Waals surface area contributed by atoms with E-state index >= 15 is 0 Å². The predicted octanol–water partition coefficient (Wildman–Crippen LogP) is 4.14. The Morgan fingerprint density at radius 1 is 1.22 bits per heavy atom. The minimum absolute atomic E-state index is 0.108. The second-order valence-electron chi connectivity index (χ2n) is 5.80. The van der Waals surface area contributed by atoms with Crippen molar-refractivity contribution in [2.24, 2.45) is 0 Å². The average Bonchev–Trinajstić information content (AvgIpc) is 3.33. The van der Waals surface area contributed by atoms with Gasteiger partial charge in [-0.25, -0.2) is 0 Å². The highest BCUT2D eigenvalue weighted by Crippen LogP contribution is 2.28. The van der Waals surface area contributed by atoms with Crippen molar-refractivity contribution < 1.29 is 14.1 Å². The van der Waals surface area contributed by atoms with E-state index in [-0.39, 0.29) is 17.6 Å². The van der Waals surface area contributed by atoms with Crippen LogP contribution in [0.25, 0.3) is 10.7 Å². The molecule has 27 heavy (non-hydrogen) atoms. The molecule has 0 fully saturated rings. The van der Waals surface area contributed by atoms with E-state index in [0.29, 0.717) is 28.7 Å². The Morgan fingerprint density at radius 3 is 2.78 bits per heavy atom. The zero-order valence-electron chi connectivity index (χ0n) is 14.8. The zero-order valence-corrected chi connectivity index (χ0v) is 16.5. The summed E-state index contributed by atoms with van der Waals surface area (Å²) in [6, 6.07) is 11.0. The Balaban J connectivity index is 1.58. The molecule has 0 bridgehead atoms. The molecule has 3 rings (SSSR count). The number of carbonyl (C=O) groups is 2. The monoisotopic (exact) mass is 402 g/mol. The molecule has 1 aromatic carbocycles. The van der Waals surface area contributed by atoms with Gasteiger partial charge in [0.1, 0.15) is 0 Å². The second-order valence-corrected chi connectivity index (χ2v) is 7.74. The number of amides is 2. The molecule has 0 aliphatic heterocycles. The van der Waals surface area contributed by atoms with Gasteiger partial charge in [-0.2, -0.15) is 4.98 Å². The largest absolute Gasteiger partial charge is 0.339 e. The fourth-order valence-electron chi connectivity index (χ4n) is 2.14. The molecule has 1 N–H and O–H groups in total. The van der Waals surface area contributed by atoms with E-state index in [1.54, 1.807) is 26.2 Å². The number of benzene rings is 1. The number of thiophene rings is 1. The van der Waals surface area contributed by atoms with Crippen molar-refractivity contribution in [3.8, 4) is 10.7 Å². The van der Waals surface area contributed by atoms with Crippen molar-refractivity contribution in [3.05, 3.63) is 47.7 Å². The molecule has 0 radical (unpaired) electrons. The van der Waals surface area contributed by atoms with Crippen LogP contribution in [0.4, 0.5) is 10.5 Å². The molecule has 0 aliphatic rings. The van der Waals surface area contributed by atoms with Crippen molar-refractivity contribution in [1.29, 1.82) is 0 Å². The van der Waals surface area contributed by atoms with Crippen LogP contribution in [0.1, 0.15) is 12.3 Å². The van der Waals surface area contributed by atoms with Gasteiger partial charge in [0.15, 0.2) is 0 Å². The van der Waals surface area contributed by atoms with Gasteiger partial charge in [0.05, 0.1) is 10.6 Å². The smallest absolute Gasteiger partial charge is 0.286 e. The Kier molecular flexibility index (Phi) is 6.25. The maximum atomic E-state index is 12.3. The molecular formula is C18H18N4O3S2.